The summed E-state index contributed by atoms with van der Waals surface area (Å²) in [5, 5.41) is 0. The summed E-state index contributed by atoms with van der Waals surface area (Å²) in [6.45, 7) is 0.723. The number of rotatable bonds is 2. The van der Waals surface area contributed by atoms with Crippen LogP contribution >= 0.6 is 23.2 Å². The van der Waals surface area contributed by atoms with Gasteiger partial charge in [0.2, 0.25) is 5.91 Å². The molecule has 0 bridgehead atoms. The van der Waals surface area contributed by atoms with Gasteiger partial charge in [-0.05, 0) is 37.0 Å². The Bertz CT molecular complexity index is 503. The van der Waals surface area contributed by atoms with Gasteiger partial charge in [0.15, 0.2) is 0 Å². The SMILES string of the molecule is O=C(C1CC1(Cl)Cl)N1CCCC1c1ccc(F)cc1. The molecule has 1 aromatic rings. The fraction of sp³-hybridized carbons (Fsp3) is 0.500. The normalized spacial score (nSPS) is 28.5. The minimum absolute atomic E-state index is 0.0248. The van der Waals surface area contributed by atoms with Crippen LogP contribution in [0.2, 0.25) is 0 Å². The van der Waals surface area contributed by atoms with Gasteiger partial charge >= 0.3 is 0 Å². The molecule has 1 aromatic carbocycles. The Kier molecular flexibility index (Phi) is 3.22. The van der Waals surface area contributed by atoms with E-state index in [-0.39, 0.29) is 23.7 Å². The van der Waals surface area contributed by atoms with Crippen molar-refractivity contribution in [1.82, 2.24) is 4.90 Å². The van der Waals surface area contributed by atoms with Gasteiger partial charge in [-0.3, -0.25) is 4.79 Å². The molecular weight excluding hydrogens is 288 g/mol. The molecule has 0 spiro atoms. The minimum Gasteiger partial charge on any atom is -0.335 e. The van der Waals surface area contributed by atoms with E-state index < -0.39 is 4.33 Å². The Morgan fingerprint density at radius 1 is 1.32 bits per heavy atom. The van der Waals surface area contributed by atoms with Crippen molar-refractivity contribution in [2.75, 3.05) is 6.54 Å². The van der Waals surface area contributed by atoms with E-state index in [1.54, 1.807) is 12.1 Å². The molecule has 0 aromatic heterocycles. The number of hydrogen-bond acceptors (Lipinski definition) is 1. The Labute approximate surface area is 121 Å². The summed E-state index contributed by atoms with van der Waals surface area (Å²) < 4.78 is 12.1. The predicted octanol–water partition coefficient (Wildman–Crippen LogP) is 3.68. The molecule has 2 unspecified atom stereocenters. The van der Waals surface area contributed by atoms with Gasteiger partial charge in [0.05, 0.1) is 12.0 Å². The fourth-order valence-corrected chi connectivity index (χ4v) is 3.24. The average Bonchev–Trinajstić information content (AvgIpc) is 2.81. The highest BCUT2D eigenvalue weighted by molar-refractivity contribution is 6.52. The number of amides is 1. The molecule has 2 aliphatic rings. The van der Waals surface area contributed by atoms with Crippen molar-refractivity contribution in [2.45, 2.75) is 29.6 Å². The smallest absolute Gasteiger partial charge is 0.229 e. The third-order valence-electron chi connectivity index (χ3n) is 3.91. The molecule has 1 saturated heterocycles. The summed E-state index contributed by atoms with van der Waals surface area (Å²) in [6.07, 6.45) is 2.39. The van der Waals surface area contributed by atoms with Gasteiger partial charge in [-0.2, -0.15) is 0 Å². The Morgan fingerprint density at radius 2 is 1.95 bits per heavy atom. The highest BCUT2D eigenvalue weighted by Crippen LogP contribution is 2.55. The minimum atomic E-state index is -0.882. The van der Waals surface area contributed by atoms with E-state index in [1.165, 1.54) is 12.1 Å². The van der Waals surface area contributed by atoms with E-state index >= 15 is 0 Å². The van der Waals surface area contributed by atoms with Crippen molar-refractivity contribution >= 4 is 29.1 Å². The number of likely N-dealkylation sites (tertiary alicyclic amines) is 1. The summed E-state index contributed by atoms with van der Waals surface area (Å²) in [7, 11) is 0. The van der Waals surface area contributed by atoms with Crippen LogP contribution in [-0.2, 0) is 4.79 Å². The van der Waals surface area contributed by atoms with E-state index in [1.807, 2.05) is 4.90 Å². The van der Waals surface area contributed by atoms with Crippen LogP contribution in [0.1, 0.15) is 30.9 Å². The van der Waals surface area contributed by atoms with E-state index in [0.717, 1.165) is 24.9 Å². The molecule has 2 nitrogen and oxygen atoms in total. The number of carbonyl (C=O) groups excluding carboxylic acids is 1. The van der Waals surface area contributed by atoms with Crippen molar-refractivity contribution in [3.63, 3.8) is 0 Å². The van der Waals surface area contributed by atoms with Crippen molar-refractivity contribution in [3.05, 3.63) is 35.6 Å². The molecule has 1 aliphatic carbocycles. The maximum Gasteiger partial charge on any atom is 0.229 e. The van der Waals surface area contributed by atoms with Gasteiger partial charge in [0, 0.05) is 6.54 Å². The number of benzene rings is 1. The van der Waals surface area contributed by atoms with Gasteiger partial charge in [0.25, 0.3) is 0 Å². The van der Waals surface area contributed by atoms with Crippen LogP contribution in [0, 0.1) is 11.7 Å². The first kappa shape index (κ1) is 13.2. The molecule has 5 heteroatoms. The number of carbonyl (C=O) groups is 1. The molecule has 3 rings (SSSR count). The highest BCUT2D eigenvalue weighted by atomic mass is 35.5. The molecule has 1 amide bonds. The van der Waals surface area contributed by atoms with Crippen molar-refractivity contribution < 1.29 is 9.18 Å². The van der Waals surface area contributed by atoms with Crippen LogP contribution < -0.4 is 0 Å². The topological polar surface area (TPSA) is 20.3 Å². The second-order valence-corrected chi connectivity index (χ2v) is 6.80. The lowest BCUT2D eigenvalue weighted by atomic mass is 10.0. The van der Waals surface area contributed by atoms with Crippen molar-refractivity contribution in [3.8, 4) is 0 Å². The van der Waals surface area contributed by atoms with Gasteiger partial charge in [-0.1, -0.05) is 12.1 Å². The Balaban J connectivity index is 1.78. The first-order chi connectivity index (χ1) is 8.99. The van der Waals surface area contributed by atoms with Crippen LogP contribution in [0.25, 0.3) is 0 Å². The quantitative estimate of drug-likeness (QED) is 0.763. The first-order valence-electron chi connectivity index (χ1n) is 6.43. The van der Waals surface area contributed by atoms with Crippen molar-refractivity contribution in [1.29, 1.82) is 0 Å². The van der Waals surface area contributed by atoms with E-state index in [0.29, 0.717) is 6.42 Å². The zero-order valence-corrected chi connectivity index (χ0v) is 11.8. The van der Waals surface area contributed by atoms with Crippen LogP contribution in [0.15, 0.2) is 24.3 Å². The second-order valence-electron chi connectivity index (χ2n) is 5.26. The van der Waals surface area contributed by atoms with Crippen LogP contribution in [0.3, 0.4) is 0 Å². The summed E-state index contributed by atoms with van der Waals surface area (Å²) in [6, 6.07) is 6.37. The van der Waals surface area contributed by atoms with Crippen LogP contribution in [-0.4, -0.2) is 21.7 Å². The van der Waals surface area contributed by atoms with Crippen LogP contribution in [0.5, 0.6) is 0 Å². The predicted molar refractivity (Wildman–Crippen MR) is 72.6 cm³/mol. The maximum atomic E-state index is 13.0. The summed E-state index contributed by atoms with van der Waals surface area (Å²) in [5.74, 6) is -0.518. The highest BCUT2D eigenvalue weighted by Gasteiger charge is 2.58. The third-order valence-corrected chi connectivity index (χ3v) is 4.75. The van der Waals surface area contributed by atoms with Gasteiger partial charge in [0.1, 0.15) is 10.2 Å². The maximum absolute atomic E-state index is 13.0. The first-order valence-corrected chi connectivity index (χ1v) is 7.18. The zero-order valence-electron chi connectivity index (χ0n) is 10.3. The lowest BCUT2D eigenvalue weighted by Crippen LogP contribution is -2.33. The molecule has 0 N–H and O–H groups in total. The summed E-state index contributed by atoms with van der Waals surface area (Å²) >= 11 is 11.9. The molecule has 2 atom stereocenters. The Hall–Kier alpha value is -0.800. The van der Waals surface area contributed by atoms with E-state index in [2.05, 4.69) is 0 Å². The standard InChI is InChI=1S/C14H14Cl2FNO/c15-14(16)8-11(14)13(19)18-7-1-2-12(18)9-3-5-10(17)6-4-9/h3-6,11-12H,1-2,7-8H2. The fourth-order valence-electron chi connectivity index (χ4n) is 2.74. The number of hydrogen-bond donors (Lipinski definition) is 0. The van der Waals surface area contributed by atoms with Crippen LogP contribution in [0.4, 0.5) is 4.39 Å². The van der Waals surface area contributed by atoms with E-state index in [9.17, 15) is 9.18 Å². The molecule has 1 saturated carbocycles. The number of nitrogens with zero attached hydrogens (tertiary/aromatic N) is 1. The molecule has 2 fully saturated rings. The van der Waals surface area contributed by atoms with E-state index in [4.69, 9.17) is 23.2 Å². The van der Waals surface area contributed by atoms with Crippen molar-refractivity contribution in [2.24, 2.45) is 5.92 Å². The zero-order chi connectivity index (χ0) is 13.6. The summed E-state index contributed by atoms with van der Waals surface area (Å²) in [5.41, 5.74) is 0.975. The lowest BCUT2D eigenvalue weighted by molar-refractivity contribution is -0.133. The molecule has 102 valence electrons. The van der Waals surface area contributed by atoms with Gasteiger partial charge < -0.3 is 4.90 Å². The second kappa shape index (κ2) is 4.64. The largest absolute Gasteiger partial charge is 0.335 e. The Morgan fingerprint density at radius 3 is 2.53 bits per heavy atom. The average molecular weight is 302 g/mol. The summed E-state index contributed by atoms with van der Waals surface area (Å²) in [4.78, 5) is 14.2. The lowest BCUT2D eigenvalue weighted by Gasteiger charge is -2.25. The molecule has 1 aliphatic heterocycles. The molecule has 19 heavy (non-hydrogen) atoms. The molecule has 1 heterocycles. The third kappa shape index (κ3) is 2.46. The number of halogens is 3. The number of alkyl halides is 2. The molecular formula is C14H14Cl2FNO. The monoisotopic (exact) mass is 301 g/mol. The van der Waals surface area contributed by atoms with Gasteiger partial charge in [-0.15, -0.1) is 23.2 Å². The molecule has 0 radical (unpaired) electrons. The van der Waals surface area contributed by atoms with Gasteiger partial charge in [-0.25, -0.2) is 4.39 Å².